The highest BCUT2D eigenvalue weighted by Gasteiger charge is 2.33. The molecule has 92 valence electrons. The van der Waals surface area contributed by atoms with E-state index in [2.05, 4.69) is 54.3 Å². The van der Waals surface area contributed by atoms with E-state index in [1.807, 2.05) is 0 Å². The Morgan fingerprint density at radius 1 is 1.33 bits per heavy atom. The van der Waals surface area contributed by atoms with Crippen LogP contribution in [-0.4, -0.2) is 29.0 Å². The van der Waals surface area contributed by atoms with Crippen LogP contribution in [0.2, 0.25) is 0 Å². The van der Waals surface area contributed by atoms with E-state index in [-0.39, 0.29) is 0 Å². The van der Waals surface area contributed by atoms with Crippen LogP contribution in [-0.2, 0) is 6.42 Å². The lowest BCUT2D eigenvalue weighted by molar-refractivity contribution is 0.210. The number of hydrogen-bond donors (Lipinski definition) is 1. The van der Waals surface area contributed by atoms with Gasteiger partial charge in [0, 0.05) is 29.2 Å². The molecular weight excluding hydrogens is 220 g/mol. The molecule has 2 heteroatoms. The predicted molar refractivity (Wildman–Crippen MR) is 75.6 cm³/mol. The van der Waals surface area contributed by atoms with Crippen LogP contribution in [0.3, 0.4) is 0 Å². The van der Waals surface area contributed by atoms with Gasteiger partial charge in [0.15, 0.2) is 0 Å². The Morgan fingerprint density at radius 3 is 3.11 bits per heavy atom. The Kier molecular flexibility index (Phi) is 2.01. The maximum absolute atomic E-state index is 3.41. The van der Waals surface area contributed by atoms with Gasteiger partial charge in [0.05, 0.1) is 0 Å². The largest absolute Gasteiger partial charge is 0.361 e. The van der Waals surface area contributed by atoms with Crippen molar-refractivity contribution in [2.24, 2.45) is 0 Å². The highest BCUT2D eigenvalue weighted by molar-refractivity contribution is 5.98. The lowest BCUT2D eigenvalue weighted by atomic mass is 9.81. The van der Waals surface area contributed by atoms with Crippen LogP contribution in [0, 0.1) is 0 Å². The zero-order valence-corrected chi connectivity index (χ0v) is 10.9. The third-order valence-corrected chi connectivity index (χ3v) is 4.74. The molecule has 2 nitrogen and oxygen atoms in total. The van der Waals surface area contributed by atoms with E-state index < -0.39 is 0 Å². The summed E-state index contributed by atoms with van der Waals surface area (Å²) in [5.41, 5.74) is 5.74. The van der Waals surface area contributed by atoms with Gasteiger partial charge in [-0.25, -0.2) is 0 Å². The van der Waals surface area contributed by atoms with Crippen LogP contribution < -0.4 is 0 Å². The molecule has 0 saturated carbocycles. The monoisotopic (exact) mass is 238 g/mol. The molecule has 0 bridgehead atoms. The van der Waals surface area contributed by atoms with Crippen LogP contribution in [0.4, 0.5) is 0 Å². The number of aromatic amines is 1. The first-order valence-corrected chi connectivity index (χ1v) is 6.77. The average Bonchev–Trinajstić information content (AvgIpc) is 2.80. The zero-order chi connectivity index (χ0) is 12.3. The van der Waals surface area contributed by atoms with Gasteiger partial charge in [-0.15, -0.1) is 0 Å². The van der Waals surface area contributed by atoms with E-state index in [1.165, 1.54) is 34.0 Å². The highest BCUT2D eigenvalue weighted by atomic mass is 15.2. The van der Waals surface area contributed by atoms with E-state index in [9.17, 15) is 0 Å². The summed E-state index contributed by atoms with van der Waals surface area (Å²) < 4.78 is 0. The van der Waals surface area contributed by atoms with Gasteiger partial charge in [0.2, 0.25) is 0 Å². The standard InChI is InChI=1S/C16H18N2/c1-10-6-7-12-13-4-3-5-14-16(13)11(9-17-14)8-15(12)18(10)2/h3-5,7,9-10,15,17H,6,8H2,1-2H3. The van der Waals surface area contributed by atoms with Gasteiger partial charge in [-0.3, -0.25) is 4.90 Å². The Hall–Kier alpha value is -1.54. The molecule has 1 aromatic carbocycles. The molecule has 2 aromatic rings. The molecular formula is C16H18N2. The van der Waals surface area contributed by atoms with Crippen LogP contribution in [0.15, 0.2) is 30.5 Å². The lowest BCUT2D eigenvalue weighted by Crippen LogP contribution is -2.44. The van der Waals surface area contributed by atoms with Crippen molar-refractivity contribution in [1.29, 1.82) is 0 Å². The minimum atomic E-state index is 0.558. The Bertz CT molecular complexity index is 650. The number of benzene rings is 1. The SMILES string of the molecule is CC1CC=C2c3cccc4[nH]cc(c34)CC2N1C. The number of nitrogens with zero attached hydrogens (tertiary/aromatic N) is 1. The fraction of sp³-hybridized carbons (Fsp3) is 0.375. The smallest absolute Gasteiger partial charge is 0.0462 e. The summed E-state index contributed by atoms with van der Waals surface area (Å²) in [6.45, 7) is 2.32. The molecule has 1 aliphatic carbocycles. The van der Waals surface area contributed by atoms with Crippen molar-refractivity contribution in [1.82, 2.24) is 9.88 Å². The van der Waals surface area contributed by atoms with Crippen molar-refractivity contribution < 1.29 is 0 Å². The van der Waals surface area contributed by atoms with Gasteiger partial charge in [-0.1, -0.05) is 18.2 Å². The van der Waals surface area contributed by atoms with Gasteiger partial charge in [-0.05, 0) is 49.6 Å². The molecule has 2 heterocycles. The first kappa shape index (κ1) is 10.4. The number of likely N-dealkylation sites (N-methyl/N-ethyl adjacent to an activating group) is 1. The Morgan fingerprint density at radius 2 is 2.22 bits per heavy atom. The first-order valence-electron chi connectivity index (χ1n) is 6.77. The summed E-state index contributed by atoms with van der Waals surface area (Å²) in [6.07, 6.45) is 6.96. The second kappa shape index (κ2) is 3.48. The van der Waals surface area contributed by atoms with Crippen LogP contribution in [0.1, 0.15) is 24.5 Å². The number of nitrogens with one attached hydrogen (secondary N) is 1. The Labute approximate surface area is 107 Å². The number of H-pyrrole nitrogens is 1. The summed E-state index contributed by atoms with van der Waals surface area (Å²) in [5.74, 6) is 0. The summed E-state index contributed by atoms with van der Waals surface area (Å²) in [5, 5.41) is 1.45. The molecule has 1 aromatic heterocycles. The summed E-state index contributed by atoms with van der Waals surface area (Å²) >= 11 is 0. The minimum Gasteiger partial charge on any atom is -0.361 e. The van der Waals surface area contributed by atoms with E-state index in [0.29, 0.717) is 12.1 Å². The van der Waals surface area contributed by atoms with E-state index in [0.717, 1.165) is 6.42 Å². The molecule has 0 radical (unpaired) electrons. The number of aromatic nitrogens is 1. The predicted octanol–water partition coefficient (Wildman–Crippen LogP) is 3.20. The van der Waals surface area contributed by atoms with Crippen molar-refractivity contribution in [3.8, 4) is 0 Å². The zero-order valence-electron chi connectivity index (χ0n) is 10.9. The van der Waals surface area contributed by atoms with Gasteiger partial charge in [0.25, 0.3) is 0 Å². The second-order valence-electron chi connectivity index (χ2n) is 5.67. The molecule has 0 amide bonds. The maximum atomic E-state index is 3.41. The van der Waals surface area contributed by atoms with E-state index in [4.69, 9.17) is 0 Å². The molecule has 0 fully saturated rings. The number of rotatable bonds is 0. The number of fused-ring (bicyclic) bond motifs is 2. The van der Waals surface area contributed by atoms with Crippen molar-refractivity contribution in [2.75, 3.05) is 7.05 Å². The number of hydrogen-bond acceptors (Lipinski definition) is 1. The van der Waals surface area contributed by atoms with Crippen LogP contribution >= 0.6 is 0 Å². The lowest BCUT2D eigenvalue weighted by Gasteiger charge is -2.40. The van der Waals surface area contributed by atoms with Crippen molar-refractivity contribution >= 4 is 16.5 Å². The fourth-order valence-electron chi connectivity index (χ4n) is 3.54. The van der Waals surface area contributed by atoms with Crippen molar-refractivity contribution in [3.63, 3.8) is 0 Å². The third kappa shape index (κ3) is 1.21. The van der Waals surface area contributed by atoms with Gasteiger partial charge in [0.1, 0.15) is 0 Å². The average molecular weight is 238 g/mol. The second-order valence-corrected chi connectivity index (χ2v) is 5.67. The van der Waals surface area contributed by atoms with Gasteiger partial charge < -0.3 is 4.98 Å². The van der Waals surface area contributed by atoms with Crippen LogP contribution in [0.5, 0.6) is 0 Å². The summed E-state index contributed by atoms with van der Waals surface area (Å²) in [4.78, 5) is 5.94. The minimum absolute atomic E-state index is 0.558. The van der Waals surface area contributed by atoms with E-state index >= 15 is 0 Å². The fourth-order valence-corrected chi connectivity index (χ4v) is 3.54. The highest BCUT2D eigenvalue weighted by Crippen LogP contribution is 2.40. The van der Waals surface area contributed by atoms with Crippen LogP contribution in [0.25, 0.3) is 16.5 Å². The maximum Gasteiger partial charge on any atom is 0.0462 e. The summed E-state index contributed by atoms with van der Waals surface area (Å²) in [6, 6.07) is 7.83. The Balaban J connectivity index is 1.99. The molecule has 0 saturated heterocycles. The third-order valence-electron chi connectivity index (χ3n) is 4.74. The normalized spacial score (nSPS) is 27.1. The first-order chi connectivity index (χ1) is 8.75. The molecule has 0 spiro atoms. The quantitative estimate of drug-likeness (QED) is 0.746. The molecule has 2 aliphatic rings. The molecule has 1 aliphatic heterocycles. The topological polar surface area (TPSA) is 19.0 Å². The molecule has 2 unspecified atom stereocenters. The van der Waals surface area contributed by atoms with Crippen molar-refractivity contribution in [3.05, 3.63) is 41.6 Å². The molecule has 4 rings (SSSR count). The molecule has 2 atom stereocenters. The van der Waals surface area contributed by atoms with Gasteiger partial charge in [-0.2, -0.15) is 0 Å². The van der Waals surface area contributed by atoms with E-state index in [1.54, 1.807) is 0 Å². The van der Waals surface area contributed by atoms with Gasteiger partial charge >= 0.3 is 0 Å². The molecule has 1 N–H and O–H groups in total. The summed E-state index contributed by atoms with van der Waals surface area (Å²) in [7, 11) is 2.26. The van der Waals surface area contributed by atoms with Crippen molar-refractivity contribution in [2.45, 2.75) is 31.8 Å². The molecule has 18 heavy (non-hydrogen) atoms.